The highest BCUT2D eigenvalue weighted by atomic mass is 16.5. The minimum atomic E-state index is -0.147. The van der Waals surface area contributed by atoms with Crippen molar-refractivity contribution in [3.63, 3.8) is 0 Å². The molecule has 0 aromatic carbocycles. The fraction of sp³-hybridized carbons (Fsp3) is 0.889. The predicted molar refractivity (Wildman–Crippen MR) is 48.9 cm³/mol. The molecule has 0 bridgehead atoms. The Bertz CT molecular complexity index is 134. The van der Waals surface area contributed by atoms with Crippen LogP contribution in [-0.2, 0) is 9.53 Å². The average molecular weight is 173 g/mol. The van der Waals surface area contributed by atoms with Gasteiger partial charge in [0.25, 0.3) is 0 Å². The van der Waals surface area contributed by atoms with Crippen molar-refractivity contribution >= 4 is 5.97 Å². The molecule has 0 aliphatic carbocycles. The van der Waals surface area contributed by atoms with E-state index in [1.807, 2.05) is 6.92 Å². The lowest BCUT2D eigenvalue weighted by Gasteiger charge is -2.11. The number of hydrogen-bond acceptors (Lipinski definition) is 3. The molecule has 1 unspecified atom stereocenters. The minimum absolute atomic E-state index is 0.0475. The molecule has 3 heteroatoms. The lowest BCUT2D eigenvalue weighted by molar-refractivity contribution is -0.144. The van der Waals surface area contributed by atoms with Gasteiger partial charge in [-0.1, -0.05) is 20.8 Å². The number of methoxy groups -OCH3 is 1. The second kappa shape index (κ2) is 6.00. The molecule has 0 amide bonds. The molecule has 0 saturated heterocycles. The molecule has 0 aliphatic heterocycles. The maximum Gasteiger partial charge on any atom is 0.309 e. The van der Waals surface area contributed by atoms with Crippen molar-refractivity contribution in [2.24, 2.45) is 11.8 Å². The van der Waals surface area contributed by atoms with Crippen LogP contribution >= 0.6 is 0 Å². The van der Waals surface area contributed by atoms with E-state index in [4.69, 9.17) is 0 Å². The second-order valence-corrected chi connectivity index (χ2v) is 3.48. The first kappa shape index (κ1) is 11.4. The molecule has 0 radical (unpaired) electrons. The zero-order valence-corrected chi connectivity index (χ0v) is 8.39. The third kappa shape index (κ3) is 5.13. The van der Waals surface area contributed by atoms with Crippen LogP contribution in [-0.4, -0.2) is 26.2 Å². The highest BCUT2D eigenvalue weighted by Crippen LogP contribution is 1.96. The summed E-state index contributed by atoms with van der Waals surface area (Å²) >= 11 is 0. The summed E-state index contributed by atoms with van der Waals surface area (Å²) in [4.78, 5) is 10.9. The number of esters is 1. The molecular formula is C9H19NO2. The first-order valence-electron chi connectivity index (χ1n) is 4.36. The quantitative estimate of drug-likeness (QED) is 0.631. The maximum atomic E-state index is 10.9. The van der Waals surface area contributed by atoms with Crippen LogP contribution < -0.4 is 5.32 Å². The van der Waals surface area contributed by atoms with Crippen LogP contribution in [0.4, 0.5) is 0 Å². The summed E-state index contributed by atoms with van der Waals surface area (Å²) in [5.74, 6) is 0.426. The summed E-state index contributed by atoms with van der Waals surface area (Å²) in [7, 11) is 1.42. The van der Waals surface area contributed by atoms with Crippen LogP contribution in [0.25, 0.3) is 0 Å². The van der Waals surface area contributed by atoms with Gasteiger partial charge in [-0.25, -0.2) is 0 Å². The van der Waals surface area contributed by atoms with E-state index in [1.165, 1.54) is 7.11 Å². The van der Waals surface area contributed by atoms with Crippen molar-refractivity contribution < 1.29 is 9.53 Å². The molecule has 1 atom stereocenters. The minimum Gasteiger partial charge on any atom is -0.469 e. The highest BCUT2D eigenvalue weighted by molar-refractivity contribution is 5.71. The van der Waals surface area contributed by atoms with E-state index in [0.717, 1.165) is 6.54 Å². The Morgan fingerprint density at radius 3 is 2.33 bits per heavy atom. The van der Waals surface area contributed by atoms with E-state index < -0.39 is 0 Å². The zero-order valence-electron chi connectivity index (χ0n) is 8.39. The Labute approximate surface area is 74.5 Å². The van der Waals surface area contributed by atoms with Gasteiger partial charge in [0.05, 0.1) is 13.0 Å². The molecule has 0 spiro atoms. The largest absolute Gasteiger partial charge is 0.469 e. The first-order valence-corrected chi connectivity index (χ1v) is 4.36. The normalized spacial score (nSPS) is 13.1. The molecule has 0 aliphatic rings. The molecule has 0 fully saturated rings. The molecular weight excluding hydrogens is 154 g/mol. The van der Waals surface area contributed by atoms with E-state index in [-0.39, 0.29) is 11.9 Å². The van der Waals surface area contributed by atoms with Crippen molar-refractivity contribution in [2.45, 2.75) is 20.8 Å². The third-order valence-electron chi connectivity index (χ3n) is 1.61. The van der Waals surface area contributed by atoms with E-state index in [0.29, 0.717) is 12.5 Å². The van der Waals surface area contributed by atoms with Crippen LogP contribution in [0.1, 0.15) is 20.8 Å². The fourth-order valence-electron chi connectivity index (χ4n) is 0.873. The van der Waals surface area contributed by atoms with E-state index in [9.17, 15) is 4.79 Å². The molecule has 0 rings (SSSR count). The van der Waals surface area contributed by atoms with Gasteiger partial charge < -0.3 is 10.1 Å². The second-order valence-electron chi connectivity index (χ2n) is 3.48. The summed E-state index contributed by atoms with van der Waals surface area (Å²) < 4.78 is 4.59. The highest BCUT2D eigenvalue weighted by Gasteiger charge is 2.11. The summed E-state index contributed by atoms with van der Waals surface area (Å²) in [6.07, 6.45) is 0. The van der Waals surface area contributed by atoms with Crippen molar-refractivity contribution in [3.05, 3.63) is 0 Å². The van der Waals surface area contributed by atoms with Crippen LogP contribution in [0.5, 0.6) is 0 Å². The van der Waals surface area contributed by atoms with Gasteiger partial charge in [-0.3, -0.25) is 4.79 Å². The molecule has 0 heterocycles. The Morgan fingerprint density at radius 2 is 1.92 bits per heavy atom. The SMILES string of the molecule is COC(=O)C(C)CNCC(C)C. The molecule has 0 saturated carbocycles. The maximum absolute atomic E-state index is 10.9. The Hall–Kier alpha value is -0.570. The van der Waals surface area contributed by atoms with Crippen molar-refractivity contribution in [1.82, 2.24) is 5.32 Å². The lowest BCUT2D eigenvalue weighted by Crippen LogP contribution is -2.29. The molecule has 3 nitrogen and oxygen atoms in total. The fourth-order valence-corrected chi connectivity index (χ4v) is 0.873. The number of rotatable bonds is 5. The van der Waals surface area contributed by atoms with Crippen molar-refractivity contribution in [3.8, 4) is 0 Å². The number of carbonyl (C=O) groups is 1. The van der Waals surface area contributed by atoms with Gasteiger partial charge in [-0.15, -0.1) is 0 Å². The van der Waals surface area contributed by atoms with Crippen LogP contribution in [0.3, 0.4) is 0 Å². The van der Waals surface area contributed by atoms with Crippen LogP contribution in [0.15, 0.2) is 0 Å². The molecule has 12 heavy (non-hydrogen) atoms. The molecule has 0 aromatic rings. The predicted octanol–water partition coefficient (Wildman–Crippen LogP) is 1.04. The van der Waals surface area contributed by atoms with Gasteiger partial charge in [-0.2, -0.15) is 0 Å². The Balaban J connectivity index is 3.43. The van der Waals surface area contributed by atoms with Crippen LogP contribution in [0, 0.1) is 11.8 Å². The molecule has 1 N–H and O–H groups in total. The van der Waals surface area contributed by atoms with E-state index in [1.54, 1.807) is 0 Å². The number of nitrogens with one attached hydrogen (secondary N) is 1. The van der Waals surface area contributed by atoms with Gasteiger partial charge in [-0.05, 0) is 12.5 Å². The molecule has 72 valence electrons. The van der Waals surface area contributed by atoms with Gasteiger partial charge >= 0.3 is 5.97 Å². The topological polar surface area (TPSA) is 38.3 Å². The van der Waals surface area contributed by atoms with E-state index in [2.05, 4.69) is 23.9 Å². The number of carbonyl (C=O) groups excluding carboxylic acids is 1. The average Bonchev–Trinajstić information content (AvgIpc) is 2.02. The van der Waals surface area contributed by atoms with Gasteiger partial charge in [0.2, 0.25) is 0 Å². The zero-order chi connectivity index (χ0) is 9.56. The number of hydrogen-bond donors (Lipinski definition) is 1. The van der Waals surface area contributed by atoms with Gasteiger partial charge in [0.1, 0.15) is 0 Å². The third-order valence-corrected chi connectivity index (χ3v) is 1.61. The van der Waals surface area contributed by atoms with Crippen molar-refractivity contribution in [2.75, 3.05) is 20.2 Å². The van der Waals surface area contributed by atoms with Gasteiger partial charge in [0.15, 0.2) is 0 Å². The summed E-state index contributed by atoms with van der Waals surface area (Å²) in [5, 5.41) is 3.20. The Kier molecular flexibility index (Phi) is 5.72. The monoisotopic (exact) mass is 173 g/mol. The summed E-state index contributed by atoms with van der Waals surface area (Å²) in [6.45, 7) is 7.77. The molecule has 0 aromatic heterocycles. The lowest BCUT2D eigenvalue weighted by atomic mass is 10.1. The summed E-state index contributed by atoms with van der Waals surface area (Å²) in [5.41, 5.74) is 0. The first-order chi connectivity index (χ1) is 5.57. The smallest absolute Gasteiger partial charge is 0.309 e. The van der Waals surface area contributed by atoms with E-state index >= 15 is 0 Å². The number of ether oxygens (including phenoxy) is 1. The summed E-state index contributed by atoms with van der Waals surface area (Å²) in [6, 6.07) is 0. The Morgan fingerprint density at radius 1 is 1.33 bits per heavy atom. The van der Waals surface area contributed by atoms with Crippen molar-refractivity contribution in [1.29, 1.82) is 0 Å². The van der Waals surface area contributed by atoms with Crippen LogP contribution in [0.2, 0.25) is 0 Å². The van der Waals surface area contributed by atoms with Gasteiger partial charge in [0, 0.05) is 6.54 Å². The standard InChI is InChI=1S/C9H19NO2/c1-7(2)5-10-6-8(3)9(11)12-4/h7-8,10H,5-6H2,1-4H3.